The molecular weight excluding hydrogens is 487 g/mol. The van der Waals surface area contributed by atoms with E-state index < -0.39 is 17.6 Å². The molecule has 0 radical (unpaired) electrons. The normalized spacial score (nSPS) is 11.4. The molecule has 2 amide bonds. The number of nitrogens with zero attached hydrogens (tertiary/aromatic N) is 1. The van der Waals surface area contributed by atoms with Crippen molar-refractivity contribution in [2.75, 3.05) is 16.4 Å². The van der Waals surface area contributed by atoms with Crippen LogP contribution in [-0.2, 0) is 11.0 Å². The van der Waals surface area contributed by atoms with Gasteiger partial charge in [-0.2, -0.15) is 13.2 Å². The van der Waals surface area contributed by atoms with Crippen LogP contribution in [0.3, 0.4) is 0 Å². The molecule has 1 aromatic heterocycles. The Morgan fingerprint density at radius 3 is 2.47 bits per heavy atom. The number of carbonyl (C=O) groups is 2. The number of carbonyl (C=O) groups excluding carboxylic acids is 2. The first-order valence-corrected chi connectivity index (χ1v) is 11.6. The molecule has 0 fully saturated rings. The minimum Gasteiger partial charge on any atom is -0.508 e. The number of anilines is 2. The summed E-state index contributed by atoms with van der Waals surface area (Å²) in [6.07, 6.45) is -4.47. The zero-order valence-electron chi connectivity index (χ0n) is 17.2. The Morgan fingerprint density at radius 1 is 1.00 bits per heavy atom. The van der Waals surface area contributed by atoms with Crippen LogP contribution in [0.25, 0.3) is 10.2 Å². The van der Waals surface area contributed by atoms with Gasteiger partial charge in [0.05, 0.1) is 21.5 Å². The van der Waals surface area contributed by atoms with Gasteiger partial charge in [-0.05, 0) is 60.7 Å². The Morgan fingerprint density at radius 2 is 1.76 bits per heavy atom. The molecule has 4 rings (SSSR count). The number of halogens is 3. The molecule has 174 valence electrons. The zero-order chi connectivity index (χ0) is 24.3. The average molecular weight is 504 g/mol. The van der Waals surface area contributed by atoms with E-state index in [0.29, 0.717) is 15.9 Å². The standard InChI is InChI=1S/C23H16F3N3O3S2/c24-23(25,26)14-6-4-13(5-7-14)21(32)29-22-28-18-9-8-15(10-19(18)34-22)27-20(31)12-33-17-3-1-2-16(30)11-17/h1-11,30H,12H2,(H,27,31)(H,28,29,32). The fourth-order valence-electron chi connectivity index (χ4n) is 2.95. The Bertz CT molecular complexity index is 1360. The quantitative estimate of drug-likeness (QED) is 0.281. The fraction of sp³-hybridized carbons (Fsp3) is 0.0870. The van der Waals surface area contributed by atoms with Crippen LogP contribution in [0.5, 0.6) is 5.75 Å². The molecule has 0 spiro atoms. The van der Waals surface area contributed by atoms with Crippen LogP contribution < -0.4 is 10.6 Å². The summed E-state index contributed by atoms with van der Waals surface area (Å²) in [5.74, 6) is -0.529. The van der Waals surface area contributed by atoms with Crippen LogP contribution in [-0.4, -0.2) is 27.7 Å². The predicted molar refractivity (Wildman–Crippen MR) is 126 cm³/mol. The molecule has 0 unspecified atom stereocenters. The van der Waals surface area contributed by atoms with E-state index in [1.807, 2.05) is 0 Å². The third kappa shape index (κ3) is 5.86. The molecule has 0 atom stereocenters. The number of phenols is 1. The van der Waals surface area contributed by atoms with Crippen molar-refractivity contribution in [2.45, 2.75) is 11.1 Å². The van der Waals surface area contributed by atoms with Gasteiger partial charge in [0.15, 0.2) is 5.13 Å². The number of phenolic OH excluding ortho intramolecular Hbond substituents is 1. The molecular formula is C23H16F3N3O3S2. The maximum Gasteiger partial charge on any atom is 0.416 e. The fourth-order valence-corrected chi connectivity index (χ4v) is 4.60. The Balaban J connectivity index is 1.38. The number of aromatic nitrogens is 1. The first-order valence-electron chi connectivity index (χ1n) is 9.78. The largest absolute Gasteiger partial charge is 0.508 e. The van der Waals surface area contributed by atoms with Crippen molar-refractivity contribution in [3.05, 3.63) is 77.9 Å². The lowest BCUT2D eigenvalue weighted by molar-refractivity contribution is -0.137. The number of hydrogen-bond donors (Lipinski definition) is 3. The minimum absolute atomic E-state index is 0.0736. The van der Waals surface area contributed by atoms with Crippen LogP contribution >= 0.6 is 23.1 Å². The van der Waals surface area contributed by atoms with Crippen LogP contribution in [0.15, 0.2) is 71.6 Å². The highest BCUT2D eigenvalue weighted by atomic mass is 32.2. The summed E-state index contributed by atoms with van der Waals surface area (Å²) in [5.41, 5.74) is 0.390. The van der Waals surface area contributed by atoms with Gasteiger partial charge in [0, 0.05) is 16.1 Å². The molecule has 3 aromatic carbocycles. The van der Waals surface area contributed by atoms with E-state index in [1.165, 1.54) is 23.1 Å². The van der Waals surface area contributed by atoms with E-state index in [1.54, 1.807) is 42.5 Å². The monoisotopic (exact) mass is 503 g/mol. The average Bonchev–Trinajstić information content (AvgIpc) is 3.19. The highest BCUT2D eigenvalue weighted by Gasteiger charge is 2.30. The van der Waals surface area contributed by atoms with Gasteiger partial charge in [0.1, 0.15) is 5.75 Å². The lowest BCUT2D eigenvalue weighted by Gasteiger charge is -2.07. The van der Waals surface area contributed by atoms with Crippen molar-refractivity contribution in [1.29, 1.82) is 0 Å². The van der Waals surface area contributed by atoms with Gasteiger partial charge < -0.3 is 10.4 Å². The lowest BCUT2D eigenvalue weighted by atomic mass is 10.1. The number of fused-ring (bicyclic) bond motifs is 1. The van der Waals surface area contributed by atoms with Gasteiger partial charge in [-0.15, -0.1) is 11.8 Å². The topological polar surface area (TPSA) is 91.3 Å². The number of benzene rings is 3. The molecule has 0 saturated heterocycles. The number of amides is 2. The summed E-state index contributed by atoms with van der Waals surface area (Å²) in [6.45, 7) is 0. The summed E-state index contributed by atoms with van der Waals surface area (Å²) in [6, 6.07) is 15.6. The summed E-state index contributed by atoms with van der Waals surface area (Å²) in [7, 11) is 0. The number of aromatic hydroxyl groups is 1. The number of hydrogen-bond acceptors (Lipinski definition) is 6. The number of alkyl halides is 3. The zero-order valence-corrected chi connectivity index (χ0v) is 18.9. The molecule has 1 heterocycles. The Hall–Kier alpha value is -3.57. The molecule has 0 aliphatic heterocycles. The Labute approximate surface area is 199 Å². The van der Waals surface area contributed by atoms with Gasteiger partial charge >= 0.3 is 6.18 Å². The van der Waals surface area contributed by atoms with Crippen LogP contribution in [0.2, 0.25) is 0 Å². The van der Waals surface area contributed by atoms with Crippen molar-refractivity contribution in [2.24, 2.45) is 0 Å². The summed E-state index contributed by atoms with van der Waals surface area (Å²) in [4.78, 5) is 29.7. The molecule has 0 aliphatic carbocycles. The van der Waals surface area contributed by atoms with Gasteiger partial charge in [-0.1, -0.05) is 17.4 Å². The van der Waals surface area contributed by atoms with Gasteiger partial charge in [0.25, 0.3) is 5.91 Å². The Kier molecular flexibility index (Phi) is 6.75. The third-order valence-electron chi connectivity index (χ3n) is 4.55. The predicted octanol–water partition coefficient (Wildman–Crippen LogP) is 6.00. The highest BCUT2D eigenvalue weighted by Crippen LogP contribution is 2.31. The molecule has 4 aromatic rings. The number of nitrogens with one attached hydrogen (secondary N) is 2. The van der Waals surface area contributed by atoms with Crippen molar-refractivity contribution in [1.82, 2.24) is 4.98 Å². The SMILES string of the molecule is O=C(CSc1cccc(O)c1)Nc1ccc2nc(NC(=O)c3ccc(C(F)(F)F)cc3)sc2c1. The third-order valence-corrected chi connectivity index (χ3v) is 6.48. The van der Waals surface area contributed by atoms with Crippen LogP contribution in [0.1, 0.15) is 15.9 Å². The summed E-state index contributed by atoms with van der Waals surface area (Å²) in [5, 5.41) is 15.1. The second-order valence-electron chi connectivity index (χ2n) is 7.06. The molecule has 6 nitrogen and oxygen atoms in total. The van der Waals surface area contributed by atoms with Crippen molar-refractivity contribution in [3.63, 3.8) is 0 Å². The van der Waals surface area contributed by atoms with E-state index in [-0.39, 0.29) is 28.1 Å². The van der Waals surface area contributed by atoms with Crippen molar-refractivity contribution in [3.8, 4) is 5.75 Å². The molecule has 0 aliphatic rings. The van der Waals surface area contributed by atoms with E-state index in [0.717, 1.165) is 29.2 Å². The van der Waals surface area contributed by atoms with E-state index in [4.69, 9.17) is 0 Å². The molecule has 34 heavy (non-hydrogen) atoms. The molecule has 11 heteroatoms. The maximum absolute atomic E-state index is 12.7. The van der Waals surface area contributed by atoms with Crippen LogP contribution in [0, 0.1) is 0 Å². The van der Waals surface area contributed by atoms with Gasteiger partial charge in [-0.25, -0.2) is 4.98 Å². The maximum atomic E-state index is 12.7. The van der Waals surface area contributed by atoms with Crippen LogP contribution in [0.4, 0.5) is 24.0 Å². The second kappa shape index (κ2) is 9.74. The molecule has 0 saturated carbocycles. The lowest BCUT2D eigenvalue weighted by Crippen LogP contribution is -2.13. The molecule has 0 bridgehead atoms. The summed E-state index contributed by atoms with van der Waals surface area (Å²) < 4.78 is 38.8. The minimum atomic E-state index is -4.47. The van der Waals surface area contributed by atoms with Gasteiger partial charge in [-0.3, -0.25) is 14.9 Å². The van der Waals surface area contributed by atoms with Crippen molar-refractivity contribution >= 4 is 55.9 Å². The first-order chi connectivity index (χ1) is 16.2. The first kappa shape index (κ1) is 23.6. The second-order valence-corrected chi connectivity index (χ2v) is 9.14. The molecule has 3 N–H and O–H groups in total. The number of thioether (sulfide) groups is 1. The van der Waals surface area contributed by atoms with Gasteiger partial charge in [0.2, 0.25) is 5.91 Å². The number of thiazole rings is 1. The van der Waals surface area contributed by atoms with Crippen molar-refractivity contribution < 1.29 is 27.9 Å². The highest BCUT2D eigenvalue weighted by molar-refractivity contribution is 8.00. The van der Waals surface area contributed by atoms with E-state index in [2.05, 4.69) is 15.6 Å². The number of rotatable bonds is 6. The van der Waals surface area contributed by atoms with E-state index in [9.17, 15) is 27.9 Å². The smallest absolute Gasteiger partial charge is 0.416 e. The summed E-state index contributed by atoms with van der Waals surface area (Å²) >= 11 is 2.46. The van der Waals surface area contributed by atoms with E-state index >= 15 is 0 Å².